The minimum atomic E-state index is -0.443. The van der Waals surface area contributed by atoms with Crippen molar-refractivity contribution in [3.05, 3.63) is 57.6 Å². The molecule has 2 aromatic rings. The number of aryl methyl sites for hydroxylation is 2. The Bertz CT molecular complexity index is 831. The Labute approximate surface area is 156 Å². The van der Waals surface area contributed by atoms with E-state index in [1.807, 2.05) is 32.0 Å². The van der Waals surface area contributed by atoms with Crippen LogP contribution in [0.3, 0.4) is 0 Å². The van der Waals surface area contributed by atoms with E-state index in [4.69, 9.17) is 23.2 Å². The first-order chi connectivity index (χ1) is 11.9. The van der Waals surface area contributed by atoms with Crippen molar-refractivity contribution < 1.29 is 9.59 Å². The molecule has 1 saturated heterocycles. The van der Waals surface area contributed by atoms with E-state index >= 15 is 0 Å². The van der Waals surface area contributed by atoms with Crippen LogP contribution >= 0.6 is 23.2 Å². The van der Waals surface area contributed by atoms with Crippen LogP contribution in [0.5, 0.6) is 0 Å². The van der Waals surface area contributed by atoms with Crippen molar-refractivity contribution >= 4 is 46.4 Å². The van der Waals surface area contributed by atoms with E-state index in [9.17, 15) is 9.59 Å². The smallest absolute Gasteiger partial charge is 0.229 e. The van der Waals surface area contributed by atoms with Crippen molar-refractivity contribution in [2.45, 2.75) is 20.3 Å². The number of amides is 2. The van der Waals surface area contributed by atoms with Crippen molar-refractivity contribution in [1.82, 2.24) is 0 Å². The Hall–Kier alpha value is -2.04. The molecule has 1 N–H and O–H groups in total. The van der Waals surface area contributed by atoms with Crippen LogP contribution in [-0.4, -0.2) is 18.4 Å². The van der Waals surface area contributed by atoms with Gasteiger partial charge in [-0.05, 0) is 49.2 Å². The Balaban J connectivity index is 1.75. The lowest BCUT2D eigenvalue weighted by molar-refractivity contribution is -0.122. The zero-order valence-corrected chi connectivity index (χ0v) is 15.5. The van der Waals surface area contributed by atoms with Gasteiger partial charge in [0.1, 0.15) is 0 Å². The van der Waals surface area contributed by atoms with E-state index < -0.39 is 5.92 Å². The first kappa shape index (κ1) is 17.8. The van der Waals surface area contributed by atoms with Crippen LogP contribution < -0.4 is 10.2 Å². The molecular formula is C19H18Cl2N2O2. The maximum absolute atomic E-state index is 12.6. The molecule has 0 aromatic heterocycles. The summed E-state index contributed by atoms with van der Waals surface area (Å²) in [4.78, 5) is 26.6. The van der Waals surface area contributed by atoms with Crippen molar-refractivity contribution in [1.29, 1.82) is 0 Å². The molecule has 6 heteroatoms. The fraction of sp³-hybridized carbons (Fsp3) is 0.263. The van der Waals surface area contributed by atoms with Crippen molar-refractivity contribution in [2.24, 2.45) is 5.92 Å². The molecular weight excluding hydrogens is 359 g/mol. The predicted octanol–water partition coefficient (Wildman–Crippen LogP) is 4.60. The zero-order chi connectivity index (χ0) is 18.1. The Morgan fingerprint density at radius 1 is 1.12 bits per heavy atom. The molecule has 1 atom stereocenters. The number of carbonyl (C=O) groups is 2. The van der Waals surface area contributed by atoms with Crippen molar-refractivity contribution in [2.75, 3.05) is 16.8 Å². The topological polar surface area (TPSA) is 49.4 Å². The van der Waals surface area contributed by atoms with Gasteiger partial charge in [0.15, 0.2) is 0 Å². The molecule has 4 nitrogen and oxygen atoms in total. The summed E-state index contributed by atoms with van der Waals surface area (Å²) in [5.41, 5.74) is 3.48. The first-order valence-electron chi connectivity index (χ1n) is 7.99. The monoisotopic (exact) mass is 376 g/mol. The number of nitrogens with one attached hydrogen (secondary N) is 1. The third-order valence-corrected chi connectivity index (χ3v) is 5.14. The molecule has 0 radical (unpaired) electrons. The second kappa shape index (κ2) is 7.06. The summed E-state index contributed by atoms with van der Waals surface area (Å²) >= 11 is 12.2. The Morgan fingerprint density at radius 3 is 2.44 bits per heavy atom. The molecule has 25 heavy (non-hydrogen) atoms. The molecule has 0 spiro atoms. The molecule has 0 bridgehead atoms. The minimum Gasteiger partial charge on any atom is -0.323 e. The molecule has 1 fully saturated rings. The number of rotatable bonds is 3. The van der Waals surface area contributed by atoms with Crippen LogP contribution in [0.4, 0.5) is 11.4 Å². The molecule has 130 valence electrons. The highest BCUT2D eigenvalue weighted by Gasteiger charge is 2.35. The van der Waals surface area contributed by atoms with E-state index in [1.54, 1.807) is 23.1 Å². The van der Waals surface area contributed by atoms with Gasteiger partial charge in [-0.25, -0.2) is 0 Å². The largest absolute Gasteiger partial charge is 0.323 e. The molecule has 0 aliphatic carbocycles. The molecule has 1 aliphatic heterocycles. The number of carbonyl (C=O) groups excluding carboxylic acids is 2. The predicted molar refractivity (Wildman–Crippen MR) is 101 cm³/mol. The summed E-state index contributed by atoms with van der Waals surface area (Å²) in [6.45, 7) is 4.37. The molecule has 1 aliphatic rings. The van der Waals surface area contributed by atoms with Gasteiger partial charge in [0.2, 0.25) is 11.8 Å². The molecule has 0 saturated carbocycles. The second-order valence-corrected chi connectivity index (χ2v) is 7.07. The number of nitrogens with zero attached hydrogens (tertiary/aromatic N) is 1. The van der Waals surface area contributed by atoms with Gasteiger partial charge in [-0.3, -0.25) is 9.59 Å². The number of para-hydroxylation sites is 1. The third kappa shape index (κ3) is 3.65. The van der Waals surface area contributed by atoms with Gasteiger partial charge in [0, 0.05) is 18.7 Å². The summed E-state index contributed by atoms with van der Waals surface area (Å²) in [5.74, 6) is -0.759. The van der Waals surface area contributed by atoms with Gasteiger partial charge < -0.3 is 10.2 Å². The van der Waals surface area contributed by atoms with Crippen LogP contribution in [0.15, 0.2) is 36.4 Å². The third-order valence-electron chi connectivity index (χ3n) is 4.51. The van der Waals surface area contributed by atoms with Gasteiger partial charge in [-0.1, -0.05) is 35.3 Å². The molecule has 2 amide bonds. The van der Waals surface area contributed by atoms with Crippen LogP contribution in [0, 0.1) is 19.8 Å². The fourth-order valence-corrected chi connectivity index (χ4v) is 3.36. The Morgan fingerprint density at radius 2 is 1.80 bits per heavy atom. The minimum absolute atomic E-state index is 0.0614. The number of benzene rings is 2. The van der Waals surface area contributed by atoms with Crippen molar-refractivity contribution in [3.8, 4) is 0 Å². The number of hydrogen-bond acceptors (Lipinski definition) is 2. The van der Waals surface area contributed by atoms with Crippen LogP contribution in [0.1, 0.15) is 17.5 Å². The SMILES string of the molecule is Cc1ccc(N2CC(C(=O)Nc3c(Cl)cccc3Cl)CC2=O)cc1C. The molecule has 1 heterocycles. The van der Waals surface area contributed by atoms with Gasteiger partial charge in [-0.2, -0.15) is 0 Å². The lowest BCUT2D eigenvalue weighted by atomic mass is 10.1. The lowest BCUT2D eigenvalue weighted by Crippen LogP contribution is -2.28. The van der Waals surface area contributed by atoms with E-state index in [0.29, 0.717) is 22.3 Å². The normalized spacial score (nSPS) is 17.0. The van der Waals surface area contributed by atoms with Gasteiger partial charge >= 0.3 is 0 Å². The lowest BCUT2D eigenvalue weighted by Gasteiger charge is -2.18. The van der Waals surface area contributed by atoms with E-state index in [-0.39, 0.29) is 18.2 Å². The molecule has 3 rings (SSSR count). The highest BCUT2D eigenvalue weighted by molar-refractivity contribution is 6.39. The summed E-state index contributed by atoms with van der Waals surface area (Å²) in [6.07, 6.45) is 0.167. The van der Waals surface area contributed by atoms with Crippen LogP contribution in [0.2, 0.25) is 10.0 Å². The maximum atomic E-state index is 12.6. The molecule has 1 unspecified atom stereocenters. The van der Waals surface area contributed by atoms with Gasteiger partial charge in [0.05, 0.1) is 21.7 Å². The summed E-state index contributed by atoms with van der Waals surface area (Å²) in [5, 5.41) is 3.49. The standard InChI is InChI=1S/C19H18Cl2N2O2/c1-11-6-7-14(8-12(11)2)23-10-13(9-17(23)24)19(25)22-18-15(20)4-3-5-16(18)21/h3-8,13H,9-10H2,1-2H3,(H,22,25). The first-order valence-corrected chi connectivity index (χ1v) is 8.75. The average molecular weight is 377 g/mol. The summed E-state index contributed by atoms with van der Waals surface area (Å²) in [7, 11) is 0. The van der Waals surface area contributed by atoms with E-state index in [1.165, 1.54) is 0 Å². The number of hydrogen-bond donors (Lipinski definition) is 1. The number of anilines is 2. The zero-order valence-electron chi connectivity index (χ0n) is 14.0. The Kier molecular flexibility index (Phi) is 5.02. The van der Waals surface area contributed by atoms with Crippen LogP contribution in [0.25, 0.3) is 0 Å². The van der Waals surface area contributed by atoms with Crippen molar-refractivity contribution in [3.63, 3.8) is 0 Å². The highest BCUT2D eigenvalue weighted by atomic mass is 35.5. The maximum Gasteiger partial charge on any atom is 0.229 e. The van der Waals surface area contributed by atoms with E-state index in [2.05, 4.69) is 5.32 Å². The fourth-order valence-electron chi connectivity index (χ4n) is 2.87. The summed E-state index contributed by atoms with van der Waals surface area (Å²) < 4.78 is 0. The number of halogens is 2. The summed E-state index contributed by atoms with van der Waals surface area (Å²) in [6, 6.07) is 10.9. The van der Waals surface area contributed by atoms with Crippen LogP contribution in [-0.2, 0) is 9.59 Å². The van der Waals surface area contributed by atoms with Gasteiger partial charge in [-0.15, -0.1) is 0 Å². The molecule has 2 aromatic carbocycles. The highest BCUT2D eigenvalue weighted by Crippen LogP contribution is 2.32. The second-order valence-electron chi connectivity index (χ2n) is 6.26. The van der Waals surface area contributed by atoms with E-state index in [0.717, 1.165) is 16.8 Å². The van der Waals surface area contributed by atoms with Gasteiger partial charge in [0.25, 0.3) is 0 Å². The average Bonchev–Trinajstić information content (AvgIpc) is 2.95. The quantitative estimate of drug-likeness (QED) is 0.850.